The van der Waals surface area contributed by atoms with Gasteiger partial charge in [0.1, 0.15) is 11.5 Å². The van der Waals surface area contributed by atoms with Crippen molar-refractivity contribution in [1.82, 2.24) is 4.90 Å². The van der Waals surface area contributed by atoms with Gasteiger partial charge in [-0.25, -0.2) is 4.39 Å². The van der Waals surface area contributed by atoms with E-state index in [2.05, 4.69) is 10.2 Å². The van der Waals surface area contributed by atoms with E-state index in [4.69, 9.17) is 0 Å². The minimum absolute atomic E-state index is 0.0679. The molecule has 2 heterocycles. The number of rotatable bonds is 4. The van der Waals surface area contributed by atoms with E-state index in [1.54, 1.807) is 6.07 Å². The molecule has 1 N–H and O–H groups in total. The standard InChI is InChI=1S/C22H23F4N3O2/c23-19-4-2-1-3-18(19)14-5-7-17-12-16(9-10-28(17)13-14)27-20-8-6-15(22(24,25)26)11-21(20)29(30)31/h1-4,6,8,11,14,16-17,27H,5,7,9-10,12-13H2/t14-,16+,17+/m0/s1. The van der Waals surface area contributed by atoms with E-state index >= 15 is 0 Å². The van der Waals surface area contributed by atoms with Gasteiger partial charge >= 0.3 is 6.18 Å². The third-order valence-electron chi connectivity index (χ3n) is 6.37. The number of piperidine rings is 2. The van der Waals surface area contributed by atoms with Crippen molar-refractivity contribution in [2.45, 2.75) is 49.9 Å². The van der Waals surface area contributed by atoms with Crippen LogP contribution in [0.2, 0.25) is 0 Å². The lowest BCUT2D eigenvalue weighted by atomic mass is 9.82. The summed E-state index contributed by atoms with van der Waals surface area (Å²) in [6, 6.07) is 9.63. The molecule has 3 atom stereocenters. The summed E-state index contributed by atoms with van der Waals surface area (Å²) in [5, 5.41) is 14.4. The first-order chi connectivity index (χ1) is 14.7. The Hall–Kier alpha value is -2.68. The highest BCUT2D eigenvalue weighted by Crippen LogP contribution is 2.38. The van der Waals surface area contributed by atoms with Crippen LogP contribution < -0.4 is 5.32 Å². The minimum atomic E-state index is -4.63. The van der Waals surface area contributed by atoms with Gasteiger partial charge in [-0.05, 0) is 55.4 Å². The molecule has 2 aliphatic rings. The molecule has 2 fully saturated rings. The Morgan fingerprint density at radius 2 is 1.87 bits per heavy atom. The molecular formula is C22H23F4N3O2. The van der Waals surface area contributed by atoms with Crippen molar-refractivity contribution in [3.63, 3.8) is 0 Å². The van der Waals surface area contributed by atoms with Gasteiger partial charge in [-0.1, -0.05) is 18.2 Å². The number of fused-ring (bicyclic) bond motifs is 1. The van der Waals surface area contributed by atoms with Crippen molar-refractivity contribution in [2.75, 3.05) is 18.4 Å². The third-order valence-corrected chi connectivity index (χ3v) is 6.37. The van der Waals surface area contributed by atoms with E-state index in [9.17, 15) is 27.7 Å². The lowest BCUT2D eigenvalue weighted by Crippen LogP contribution is -2.50. The molecule has 0 aliphatic carbocycles. The molecule has 2 aromatic carbocycles. The van der Waals surface area contributed by atoms with Gasteiger partial charge in [-0.2, -0.15) is 13.2 Å². The molecule has 0 bridgehead atoms. The molecular weight excluding hydrogens is 414 g/mol. The van der Waals surface area contributed by atoms with Crippen molar-refractivity contribution in [2.24, 2.45) is 0 Å². The number of nitrogens with one attached hydrogen (secondary N) is 1. The van der Waals surface area contributed by atoms with E-state index in [0.717, 1.165) is 50.0 Å². The van der Waals surface area contributed by atoms with Gasteiger partial charge in [-0.15, -0.1) is 0 Å². The highest BCUT2D eigenvalue weighted by Gasteiger charge is 2.36. The van der Waals surface area contributed by atoms with E-state index in [1.165, 1.54) is 6.07 Å². The summed E-state index contributed by atoms with van der Waals surface area (Å²) < 4.78 is 52.9. The van der Waals surface area contributed by atoms with Gasteiger partial charge < -0.3 is 5.32 Å². The number of alkyl halides is 3. The minimum Gasteiger partial charge on any atom is -0.377 e. The zero-order valence-corrected chi connectivity index (χ0v) is 16.7. The molecule has 0 saturated carbocycles. The molecule has 5 nitrogen and oxygen atoms in total. The van der Waals surface area contributed by atoms with Crippen LogP contribution in [0, 0.1) is 15.9 Å². The van der Waals surface area contributed by atoms with Gasteiger partial charge in [0.15, 0.2) is 0 Å². The van der Waals surface area contributed by atoms with E-state index in [0.29, 0.717) is 12.5 Å². The molecule has 0 aromatic heterocycles. The number of nitrogens with zero attached hydrogens (tertiary/aromatic N) is 2. The van der Waals surface area contributed by atoms with Crippen molar-refractivity contribution >= 4 is 11.4 Å². The Labute approximate surface area is 177 Å². The van der Waals surface area contributed by atoms with E-state index in [-0.39, 0.29) is 29.5 Å². The molecule has 0 radical (unpaired) electrons. The summed E-state index contributed by atoms with van der Waals surface area (Å²) in [4.78, 5) is 12.9. The normalized spacial score (nSPS) is 24.5. The second-order valence-electron chi connectivity index (χ2n) is 8.30. The third kappa shape index (κ3) is 4.66. The quantitative estimate of drug-likeness (QED) is 0.386. The summed E-state index contributed by atoms with van der Waals surface area (Å²) in [5.41, 5.74) is -0.760. The monoisotopic (exact) mass is 437 g/mol. The number of benzene rings is 2. The first-order valence-corrected chi connectivity index (χ1v) is 10.3. The van der Waals surface area contributed by atoms with Crippen LogP contribution in [0.15, 0.2) is 42.5 Å². The Morgan fingerprint density at radius 3 is 2.58 bits per heavy atom. The van der Waals surface area contributed by atoms with Crippen LogP contribution >= 0.6 is 0 Å². The van der Waals surface area contributed by atoms with Gasteiger partial charge in [0.2, 0.25) is 0 Å². The Kier molecular flexibility index (Phi) is 5.88. The van der Waals surface area contributed by atoms with Gasteiger partial charge in [0, 0.05) is 31.2 Å². The maximum absolute atomic E-state index is 14.2. The van der Waals surface area contributed by atoms with Crippen LogP contribution in [0.4, 0.5) is 28.9 Å². The van der Waals surface area contributed by atoms with Gasteiger partial charge in [0.25, 0.3) is 5.69 Å². The van der Waals surface area contributed by atoms with Crippen LogP contribution in [-0.4, -0.2) is 35.0 Å². The molecule has 0 amide bonds. The second-order valence-corrected chi connectivity index (χ2v) is 8.30. The van der Waals surface area contributed by atoms with Crippen LogP contribution in [0.1, 0.15) is 42.7 Å². The highest BCUT2D eigenvalue weighted by atomic mass is 19.4. The molecule has 31 heavy (non-hydrogen) atoms. The molecule has 2 saturated heterocycles. The van der Waals surface area contributed by atoms with Crippen LogP contribution in [0.25, 0.3) is 0 Å². The maximum Gasteiger partial charge on any atom is 0.416 e. The van der Waals surface area contributed by atoms with Crippen molar-refractivity contribution < 1.29 is 22.5 Å². The molecule has 2 aliphatic heterocycles. The zero-order chi connectivity index (χ0) is 22.2. The van der Waals surface area contributed by atoms with Crippen LogP contribution in [-0.2, 0) is 6.18 Å². The topological polar surface area (TPSA) is 58.4 Å². The fraction of sp³-hybridized carbons (Fsp3) is 0.455. The van der Waals surface area contributed by atoms with Crippen molar-refractivity contribution in [1.29, 1.82) is 0 Å². The fourth-order valence-electron chi connectivity index (χ4n) is 4.80. The SMILES string of the molecule is O=[N+]([O-])c1cc(C(F)(F)F)ccc1N[C@@H]1CCN2C[C@@H](c3ccccc3F)CC[C@@H]2C1. The smallest absolute Gasteiger partial charge is 0.377 e. The number of halogens is 4. The Morgan fingerprint density at radius 1 is 1.10 bits per heavy atom. The first-order valence-electron chi connectivity index (χ1n) is 10.3. The second kappa shape index (κ2) is 8.45. The predicted octanol–water partition coefficient (Wildman–Crippen LogP) is 5.58. The summed E-state index contributed by atoms with van der Waals surface area (Å²) in [6.07, 6.45) is -1.45. The van der Waals surface area contributed by atoms with Gasteiger partial charge in [-0.3, -0.25) is 15.0 Å². The number of nitro groups is 1. The molecule has 0 spiro atoms. The summed E-state index contributed by atoms with van der Waals surface area (Å²) in [5.74, 6) is -0.0462. The number of anilines is 1. The first kappa shape index (κ1) is 21.5. The molecule has 9 heteroatoms. The number of hydrogen-bond donors (Lipinski definition) is 1. The lowest BCUT2D eigenvalue weighted by molar-refractivity contribution is -0.384. The average Bonchev–Trinajstić information content (AvgIpc) is 2.73. The number of nitro benzene ring substituents is 1. The van der Waals surface area contributed by atoms with E-state index < -0.39 is 22.4 Å². The van der Waals surface area contributed by atoms with Gasteiger partial charge in [0.05, 0.1) is 10.5 Å². The Bertz CT molecular complexity index is 966. The van der Waals surface area contributed by atoms with E-state index in [1.807, 2.05) is 12.1 Å². The van der Waals surface area contributed by atoms with Crippen molar-refractivity contribution in [3.8, 4) is 0 Å². The predicted molar refractivity (Wildman–Crippen MR) is 108 cm³/mol. The fourth-order valence-corrected chi connectivity index (χ4v) is 4.80. The zero-order valence-electron chi connectivity index (χ0n) is 16.7. The van der Waals surface area contributed by atoms with Crippen molar-refractivity contribution in [3.05, 3.63) is 69.5 Å². The maximum atomic E-state index is 14.2. The summed E-state index contributed by atoms with van der Waals surface area (Å²) >= 11 is 0. The molecule has 4 rings (SSSR count). The summed E-state index contributed by atoms with van der Waals surface area (Å²) in [6.45, 7) is 1.51. The lowest BCUT2D eigenvalue weighted by Gasteiger charge is -2.45. The van der Waals surface area contributed by atoms with Crippen LogP contribution in [0.3, 0.4) is 0 Å². The largest absolute Gasteiger partial charge is 0.416 e. The molecule has 2 aromatic rings. The molecule has 166 valence electrons. The average molecular weight is 437 g/mol. The number of hydrogen-bond acceptors (Lipinski definition) is 4. The Balaban J connectivity index is 1.43. The highest BCUT2D eigenvalue weighted by molar-refractivity contribution is 5.63. The molecule has 0 unspecified atom stereocenters. The summed E-state index contributed by atoms with van der Waals surface area (Å²) in [7, 11) is 0. The van der Waals surface area contributed by atoms with Crippen LogP contribution in [0.5, 0.6) is 0 Å².